The van der Waals surface area contributed by atoms with Crippen molar-refractivity contribution < 1.29 is 27.7 Å². The van der Waals surface area contributed by atoms with E-state index in [9.17, 15) is 11.0 Å². The molecule has 53 heavy (non-hydrogen) atoms. The number of hydrogen-bond donors (Lipinski definition) is 0. The van der Waals surface area contributed by atoms with Crippen LogP contribution >= 0.6 is 0 Å². The molecule has 2 aliphatic rings. The van der Waals surface area contributed by atoms with Gasteiger partial charge in [-0.25, -0.2) is 0 Å². The summed E-state index contributed by atoms with van der Waals surface area (Å²) in [6.45, 7) is 4.20. The van der Waals surface area contributed by atoms with Gasteiger partial charge in [0.15, 0.2) is 0 Å². The van der Waals surface area contributed by atoms with Gasteiger partial charge in [-0.3, -0.25) is 0 Å². The second-order valence-corrected chi connectivity index (χ2v) is 13.7. The minimum Gasteiger partial charge on any atom is -0.468 e. The van der Waals surface area contributed by atoms with E-state index in [1.807, 2.05) is 20.8 Å². The zero-order valence-corrected chi connectivity index (χ0v) is 28.8. The molecule has 0 saturated carbocycles. The molecule has 0 spiro atoms. The summed E-state index contributed by atoms with van der Waals surface area (Å²) in [5, 5.41) is -0.226. The van der Waals surface area contributed by atoms with E-state index in [0.717, 1.165) is 0 Å². The van der Waals surface area contributed by atoms with Crippen LogP contribution in [0.3, 0.4) is 0 Å². The first-order valence-corrected chi connectivity index (χ1v) is 17.0. The number of anilines is 9. The van der Waals surface area contributed by atoms with Gasteiger partial charge in [0.2, 0.25) is 0 Å². The van der Waals surface area contributed by atoms with Crippen molar-refractivity contribution >= 4 is 85.5 Å². The summed E-state index contributed by atoms with van der Waals surface area (Å²) in [7, 11) is 0. The summed E-state index contributed by atoms with van der Waals surface area (Å²) in [6, 6.07) is 10.1. The van der Waals surface area contributed by atoms with Crippen LogP contribution in [0.25, 0.3) is 11.0 Å². The van der Waals surface area contributed by atoms with Gasteiger partial charge in [-0.05, 0) is 107 Å². The van der Waals surface area contributed by atoms with Crippen molar-refractivity contribution in [3.8, 4) is 0 Å². The predicted molar refractivity (Wildman–Crippen MR) is 224 cm³/mol. The van der Waals surface area contributed by atoms with Crippen LogP contribution in [0, 0.1) is 0 Å². The molecule has 0 unspecified atom stereocenters. The highest BCUT2D eigenvalue weighted by atomic mass is 16.3. The van der Waals surface area contributed by atoms with Crippen molar-refractivity contribution in [3.63, 3.8) is 0 Å². The van der Waals surface area contributed by atoms with Gasteiger partial charge in [0.1, 0.15) is 5.58 Å². The molecule has 0 aliphatic carbocycles. The molecule has 3 heterocycles. The number of hydrogen-bond acceptors (Lipinski definition) is 4. The van der Waals surface area contributed by atoms with Gasteiger partial charge in [-0.2, -0.15) is 0 Å². The van der Waals surface area contributed by atoms with Crippen molar-refractivity contribution in [1.29, 1.82) is 0 Å². The molecule has 0 N–H and O–H groups in total. The first-order chi connectivity index (χ1) is 33.0. The Hall–Kier alpha value is -6.46. The lowest BCUT2D eigenvalue weighted by atomic mass is 9.35. The largest absolute Gasteiger partial charge is 0.468 e. The Morgan fingerprint density at radius 3 is 1.79 bits per heavy atom. The van der Waals surface area contributed by atoms with E-state index < -0.39 is 126 Å². The van der Waals surface area contributed by atoms with E-state index in [1.54, 1.807) is 77.7 Å². The van der Waals surface area contributed by atoms with E-state index >= 15 is 0 Å². The number of para-hydroxylation sites is 5. The van der Waals surface area contributed by atoms with Crippen LogP contribution in [-0.4, -0.2) is 6.71 Å². The Bertz CT molecular complexity index is 3500. The van der Waals surface area contributed by atoms with Crippen molar-refractivity contribution in [2.75, 3.05) is 14.7 Å². The minimum atomic E-state index is -1.42. The Balaban J connectivity index is 1.48. The van der Waals surface area contributed by atoms with Crippen LogP contribution in [0.2, 0.25) is 0 Å². The number of rotatable bonds is 5. The SMILES string of the molecule is [2H]c1c([2H])c([2H])c(N2c3cc(C(C)(C)C)cc4c3B(c3oc5c([2H])c([2H])c([2H])c([2H])c5c3N4c3c([2H])c([2H])c([2H])c([2H])c3[2H])c3c([2H])c([2H])c(N(c4ccccc4)c4ccccc4)c([2H])c32)c([2H])c1[2H]. The fourth-order valence-corrected chi connectivity index (χ4v) is 7.24. The third-order valence-electron chi connectivity index (χ3n) is 9.59. The summed E-state index contributed by atoms with van der Waals surface area (Å²) in [5.74, 6) is 0. The fourth-order valence-electron chi connectivity index (χ4n) is 7.24. The van der Waals surface area contributed by atoms with Crippen molar-refractivity contribution in [2.45, 2.75) is 26.2 Å². The van der Waals surface area contributed by atoms with Gasteiger partial charge in [-0.15, -0.1) is 0 Å². The Morgan fingerprint density at radius 2 is 1.17 bits per heavy atom. The molecule has 0 fully saturated rings. The summed E-state index contributed by atoms with van der Waals surface area (Å²) in [6.07, 6.45) is 0. The molecule has 8 aromatic rings. The minimum absolute atomic E-state index is 0.0633. The first-order valence-electron chi connectivity index (χ1n) is 25.5. The molecule has 254 valence electrons. The monoisotopic (exact) mass is 700 g/mol. The molecular weight excluding hydrogens is 645 g/mol. The van der Waals surface area contributed by atoms with Crippen LogP contribution < -0.4 is 31.3 Å². The second-order valence-electron chi connectivity index (χ2n) is 13.7. The van der Waals surface area contributed by atoms with Gasteiger partial charge < -0.3 is 19.1 Å². The quantitative estimate of drug-likeness (QED) is 0.167. The molecule has 0 radical (unpaired) electrons. The van der Waals surface area contributed by atoms with Crippen LogP contribution in [0.15, 0.2) is 180 Å². The summed E-state index contributed by atoms with van der Waals surface area (Å²) in [5.41, 5.74) is -1.08. The number of nitrogens with zero attached hydrogens (tertiary/aromatic N) is 3. The second kappa shape index (κ2) is 12.1. The van der Waals surface area contributed by atoms with Crippen LogP contribution in [0.4, 0.5) is 51.2 Å². The molecule has 1 aromatic heterocycles. The van der Waals surface area contributed by atoms with E-state index in [-0.39, 0.29) is 56.0 Å². The summed E-state index contributed by atoms with van der Waals surface area (Å²) < 4.78 is 163. The maximum absolute atomic E-state index is 10.4. The molecule has 0 atom stereocenters. The molecule has 4 nitrogen and oxygen atoms in total. The molecular formula is C48H38BN3O. The van der Waals surface area contributed by atoms with Gasteiger partial charge in [0.25, 0.3) is 6.71 Å². The van der Waals surface area contributed by atoms with E-state index in [4.69, 9.17) is 16.8 Å². The van der Waals surface area contributed by atoms with Crippen LogP contribution in [0.5, 0.6) is 0 Å². The average Bonchev–Trinajstić information content (AvgIpc) is 3.75. The van der Waals surface area contributed by atoms with Crippen molar-refractivity contribution in [3.05, 3.63) is 181 Å². The van der Waals surface area contributed by atoms with Gasteiger partial charge in [0, 0.05) is 50.9 Å². The average molecular weight is 701 g/mol. The van der Waals surface area contributed by atoms with Gasteiger partial charge >= 0.3 is 0 Å². The lowest BCUT2D eigenvalue weighted by Gasteiger charge is -2.43. The summed E-state index contributed by atoms with van der Waals surface area (Å²) >= 11 is 0. The van der Waals surface area contributed by atoms with Crippen molar-refractivity contribution in [2.24, 2.45) is 0 Å². The predicted octanol–water partition coefficient (Wildman–Crippen LogP) is 11.3. The Labute approximate surface area is 335 Å². The van der Waals surface area contributed by atoms with E-state index in [2.05, 4.69) is 0 Å². The fraction of sp³-hybridized carbons (Fsp3) is 0.0833. The van der Waals surface area contributed by atoms with Gasteiger partial charge in [-0.1, -0.05) is 112 Å². The Kier molecular flexibility index (Phi) is 4.18. The number of fused-ring (bicyclic) bond motifs is 6. The highest BCUT2D eigenvalue weighted by molar-refractivity contribution is 7.00. The third kappa shape index (κ3) is 4.99. The molecule has 0 bridgehead atoms. The molecule has 0 saturated heterocycles. The standard InChI is InChI=1S/C48H38BN3O/c1-48(2,3)33-30-42-45-43(31-33)52(37-24-14-7-15-25-37)46-39-26-16-17-27-44(39)53-47(46)49(45)40-29-28-38(32-41(40)51(42)36-22-12-6-13-23-36)50(34-18-8-4-9-19-34)35-20-10-5-11-21-35/h4-32H,1-3H3/i6D,7D,12D,13D,14D,15D,16D,17D,22D,23D,24D,25D,26D,27D,28D,29D,32D. The molecule has 10 rings (SSSR count). The first kappa shape index (κ1) is 18.3. The molecule has 5 heteroatoms. The van der Waals surface area contributed by atoms with E-state index in [1.165, 1.54) is 9.80 Å². The molecule has 7 aromatic carbocycles. The zero-order valence-electron chi connectivity index (χ0n) is 45.8. The Morgan fingerprint density at radius 1 is 0.604 bits per heavy atom. The number of furan rings is 1. The smallest absolute Gasteiger partial charge is 0.297 e. The zero-order chi connectivity index (χ0) is 50.5. The van der Waals surface area contributed by atoms with Crippen molar-refractivity contribution in [1.82, 2.24) is 0 Å². The topological polar surface area (TPSA) is 22.9 Å². The van der Waals surface area contributed by atoms with Crippen LogP contribution in [-0.2, 0) is 5.41 Å². The normalized spacial score (nSPS) is 17.6. The summed E-state index contributed by atoms with van der Waals surface area (Å²) in [4.78, 5) is 4.21. The molecule has 2 aliphatic heterocycles. The lowest BCUT2D eigenvalue weighted by Crippen LogP contribution is -2.61. The molecule has 0 amide bonds. The highest BCUT2D eigenvalue weighted by Crippen LogP contribution is 2.49. The van der Waals surface area contributed by atoms with Crippen LogP contribution in [0.1, 0.15) is 49.6 Å². The highest BCUT2D eigenvalue weighted by Gasteiger charge is 2.47. The maximum Gasteiger partial charge on any atom is 0.297 e. The lowest BCUT2D eigenvalue weighted by molar-refractivity contribution is 0.590. The van der Waals surface area contributed by atoms with E-state index in [0.29, 0.717) is 16.9 Å². The number of benzene rings is 7. The maximum atomic E-state index is 10.4. The van der Waals surface area contributed by atoms with Gasteiger partial charge in [0.05, 0.1) is 34.6 Å². The third-order valence-corrected chi connectivity index (χ3v) is 9.59.